The zero-order valence-electron chi connectivity index (χ0n) is 16.9. The van der Waals surface area contributed by atoms with Gasteiger partial charge in [-0.2, -0.15) is 0 Å². The maximum Gasteiger partial charge on any atom is 0.251 e. The van der Waals surface area contributed by atoms with E-state index < -0.39 is 0 Å². The van der Waals surface area contributed by atoms with E-state index >= 15 is 0 Å². The molecule has 3 aliphatic heterocycles. The van der Waals surface area contributed by atoms with Gasteiger partial charge in [-0.3, -0.25) is 9.69 Å². The summed E-state index contributed by atoms with van der Waals surface area (Å²) in [6, 6.07) is 15.7. The zero-order valence-corrected chi connectivity index (χ0v) is 18.5. The topological polar surface area (TPSA) is 48.6 Å². The third-order valence-electron chi connectivity index (χ3n) is 6.73. The van der Waals surface area contributed by atoms with Gasteiger partial charge in [-0.15, -0.1) is 0 Å². The van der Waals surface area contributed by atoms with Crippen molar-refractivity contribution in [3.63, 3.8) is 0 Å². The number of benzene rings is 2. The fraction of sp³-hybridized carbons (Fsp3) is 0.333. The standard InChI is InChI=1S/C24H22ClN3O2S/c25-15-9-7-14(8-10-15)22-21-18(17-5-1-2-6-19(17)26-21)12-20-23(29)27(24(31)28(20)22)13-16-4-3-11-30-16/h1-2,5-10,16,20,22,26H,3-4,11-13H2. The summed E-state index contributed by atoms with van der Waals surface area (Å²) in [6.45, 7) is 1.29. The minimum Gasteiger partial charge on any atom is -0.376 e. The number of H-pyrrole nitrogens is 1. The largest absolute Gasteiger partial charge is 0.376 e. The Morgan fingerprint density at radius 1 is 1.16 bits per heavy atom. The minimum absolute atomic E-state index is 0.0656. The van der Waals surface area contributed by atoms with Gasteiger partial charge in [-0.05, 0) is 54.4 Å². The highest BCUT2D eigenvalue weighted by molar-refractivity contribution is 7.80. The number of aromatic nitrogens is 1. The highest BCUT2D eigenvalue weighted by Gasteiger charge is 2.50. The van der Waals surface area contributed by atoms with Crippen molar-refractivity contribution in [2.75, 3.05) is 13.2 Å². The summed E-state index contributed by atoms with van der Waals surface area (Å²) in [6.07, 6.45) is 2.72. The van der Waals surface area contributed by atoms with E-state index in [0.717, 1.165) is 36.2 Å². The van der Waals surface area contributed by atoms with E-state index in [1.54, 1.807) is 4.90 Å². The van der Waals surface area contributed by atoms with Crippen LogP contribution in [0.1, 0.15) is 35.7 Å². The Morgan fingerprint density at radius 2 is 1.97 bits per heavy atom. The molecule has 1 aromatic heterocycles. The minimum atomic E-state index is -0.304. The first-order valence-corrected chi connectivity index (χ1v) is 11.5. The van der Waals surface area contributed by atoms with E-state index in [9.17, 15) is 4.79 Å². The van der Waals surface area contributed by atoms with Crippen molar-refractivity contribution in [3.8, 4) is 0 Å². The van der Waals surface area contributed by atoms with Crippen LogP contribution in [0.25, 0.3) is 10.9 Å². The molecule has 6 rings (SSSR count). The van der Waals surface area contributed by atoms with E-state index in [2.05, 4.69) is 22.0 Å². The Morgan fingerprint density at radius 3 is 2.74 bits per heavy atom. The lowest BCUT2D eigenvalue weighted by Gasteiger charge is -2.37. The van der Waals surface area contributed by atoms with Crippen molar-refractivity contribution < 1.29 is 9.53 Å². The molecule has 3 aliphatic rings. The van der Waals surface area contributed by atoms with Crippen molar-refractivity contribution in [1.82, 2.24) is 14.8 Å². The number of para-hydroxylation sites is 1. The first-order chi connectivity index (χ1) is 15.1. The number of nitrogens with zero attached hydrogens (tertiary/aromatic N) is 2. The molecule has 2 aromatic carbocycles. The molecule has 2 fully saturated rings. The Bertz CT molecular complexity index is 1190. The quantitative estimate of drug-likeness (QED) is 0.598. The number of fused-ring (bicyclic) bond motifs is 4. The summed E-state index contributed by atoms with van der Waals surface area (Å²) in [5.74, 6) is 0.0791. The first-order valence-electron chi connectivity index (χ1n) is 10.7. The van der Waals surface area contributed by atoms with Crippen LogP contribution in [0.3, 0.4) is 0 Å². The fourth-order valence-corrected chi connectivity index (χ4v) is 5.80. The maximum atomic E-state index is 13.5. The first kappa shape index (κ1) is 19.3. The number of carbonyl (C=O) groups is 1. The normalized spacial score (nSPS) is 25.4. The third kappa shape index (κ3) is 3.00. The Hall–Kier alpha value is -2.41. The van der Waals surface area contributed by atoms with Gasteiger partial charge in [0.25, 0.3) is 5.91 Å². The van der Waals surface area contributed by atoms with Crippen LogP contribution >= 0.6 is 23.8 Å². The van der Waals surface area contributed by atoms with Crippen LogP contribution in [0.2, 0.25) is 5.02 Å². The molecule has 0 saturated carbocycles. The average Bonchev–Trinajstić information content (AvgIpc) is 3.48. The third-order valence-corrected chi connectivity index (χ3v) is 7.41. The van der Waals surface area contributed by atoms with E-state index in [0.29, 0.717) is 23.1 Å². The smallest absolute Gasteiger partial charge is 0.251 e. The van der Waals surface area contributed by atoms with Crippen molar-refractivity contribution >= 4 is 45.7 Å². The Balaban J connectivity index is 1.47. The second kappa shape index (κ2) is 7.33. The van der Waals surface area contributed by atoms with Crippen LogP contribution in [0.4, 0.5) is 0 Å². The van der Waals surface area contributed by atoms with E-state index in [1.165, 1.54) is 10.9 Å². The van der Waals surface area contributed by atoms with Crippen molar-refractivity contribution in [2.45, 2.75) is 37.5 Å². The molecule has 0 spiro atoms. The lowest BCUT2D eigenvalue weighted by Crippen LogP contribution is -2.44. The molecule has 0 radical (unpaired) electrons. The van der Waals surface area contributed by atoms with Crippen LogP contribution in [-0.4, -0.2) is 51.1 Å². The molecular formula is C24H22ClN3O2S. The van der Waals surface area contributed by atoms with Gasteiger partial charge in [0.15, 0.2) is 5.11 Å². The van der Waals surface area contributed by atoms with Crippen LogP contribution in [0.15, 0.2) is 48.5 Å². The molecule has 3 unspecified atom stereocenters. The summed E-state index contributed by atoms with van der Waals surface area (Å²) in [5.41, 5.74) is 4.46. The molecule has 3 aromatic rings. The number of carbonyl (C=O) groups excluding carboxylic acids is 1. The van der Waals surface area contributed by atoms with Gasteiger partial charge in [0.05, 0.1) is 18.7 Å². The number of hydrogen-bond acceptors (Lipinski definition) is 3. The van der Waals surface area contributed by atoms with Crippen LogP contribution in [0.5, 0.6) is 0 Å². The molecule has 0 bridgehead atoms. The van der Waals surface area contributed by atoms with Gasteiger partial charge in [0.1, 0.15) is 6.04 Å². The van der Waals surface area contributed by atoms with E-state index in [-0.39, 0.29) is 24.1 Å². The number of hydrogen-bond donors (Lipinski definition) is 1. The van der Waals surface area contributed by atoms with E-state index in [4.69, 9.17) is 28.6 Å². The van der Waals surface area contributed by atoms with Gasteiger partial charge in [-0.25, -0.2) is 0 Å². The van der Waals surface area contributed by atoms with Gasteiger partial charge in [0.2, 0.25) is 0 Å². The average molecular weight is 452 g/mol. The molecule has 7 heteroatoms. The van der Waals surface area contributed by atoms with Crippen molar-refractivity contribution in [3.05, 3.63) is 70.4 Å². The number of amides is 1. The Labute approximate surface area is 190 Å². The number of halogens is 1. The molecule has 4 heterocycles. The molecule has 5 nitrogen and oxygen atoms in total. The monoisotopic (exact) mass is 451 g/mol. The van der Waals surface area contributed by atoms with Crippen LogP contribution in [0, 0.1) is 0 Å². The van der Waals surface area contributed by atoms with Gasteiger partial charge in [0, 0.05) is 34.6 Å². The molecule has 3 atom stereocenters. The van der Waals surface area contributed by atoms with Crippen molar-refractivity contribution in [1.29, 1.82) is 0 Å². The van der Waals surface area contributed by atoms with Crippen LogP contribution in [-0.2, 0) is 16.0 Å². The number of thiocarbonyl (C=S) groups is 1. The molecule has 31 heavy (non-hydrogen) atoms. The van der Waals surface area contributed by atoms with Gasteiger partial charge < -0.3 is 14.6 Å². The fourth-order valence-electron chi connectivity index (χ4n) is 5.28. The van der Waals surface area contributed by atoms with Gasteiger partial charge >= 0.3 is 0 Å². The highest BCUT2D eigenvalue weighted by Crippen LogP contribution is 2.44. The van der Waals surface area contributed by atoms with E-state index in [1.807, 2.05) is 36.4 Å². The predicted octanol–water partition coefficient (Wildman–Crippen LogP) is 4.44. The molecule has 2 saturated heterocycles. The number of nitrogens with one attached hydrogen (secondary N) is 1. The van der Waals surface area contributed by atoms with Crippen molar-refractivity contribution in [2.24, 2.45) is 0 Å². The summed E-state index contributed by atoms with van der Waals surface area (Å²) >= 11 is 12.1. The summed E-state index contributed by atoms with van der Waals surface area (Å²) in [5, 5.41) is 2.45. The Kier molecular flexibility index (Phi) is 4.56. The predicted molar refractivity (Wildman–Crippen MR) is 124 cm³/mol. The molecular weight excluding hydrogens is 430 g/mol. The second-order valence-electron chi connectivity index (χ2n) is 8.51. The molecule has 0 aliphatic carbocycles. The molecule has 1 N–H and O–H groups in total. The summed E-state index contributed by atoms with van der Waals surface area (Å²) < 4.78 is 5.80. The molecule has 1 amide bonds. The summed E-state index contributed by atoms with van der Waals surface area (Å²) in [4.78, 5) is 21.1. The SMILES string of the molecule is O=C1C2Cc3c([nH]c4ccccc34)C(c3ccc(Cl)cc3)N2C(=S)N1CC1CCCO1. The number of ether oxygens (including phenoxy) is 1. The number of rotatable bonds is 3. The number of aromatic amines is 1. The lowest BCUT2D eigenvalue weighted by atomic mass is 9.89. The second-order valence-corrected chi connectivity index (χ2v) is 9.31. The maximum absolute atomic E-state index is 13.5. The van der Waals surface area contributed by atoms with Crippen LogP contribution < -0.4 is 0 Å². The summed E-state index contributed by atoms with van der Waals surface area (Å²) in [7, 11) is 0. The molecule has 158 valence electrons. The highest BCUT2D eigenvalue weighted by atomic mass is 35.5. The zero-order chi connectivity index (χ0) is 21.1. The lowest BCUT2D eigenvalue weighted by molar-refractivity contribution is -0.129. The van der Waals surface area contributed by atoms with Gasteiger partial charge in [-0.1, -0.05) is 41.9 Å².